The molecule has 0 unspecified atom stereocenters. The smallest absolute Gasteiger partial charge is 0.241 e. The molecule has 2 aromatic rings. The second kappa shape index (κ2) is 6.25. The summed E-state index contributed by atoms with van der Waals surface area (Å²) in [4.78, 5) is 19.3. The van der Waals surface area contributed by atoms with Gasteiger partial charge in [0.2, 0.25) is 17.6 Å². The van der Waals surface area contributed by atoms with Crippen molar-refractivity contribution in [3.63, 3.8) is 0 Å². The van der Waals surface area contributed by atoms with Gasteiger partial charge in [0.1, 0.15) is 0 Å². The molecule has 0 spiro atoms. The molecule has 3 heterocycles. The molecule has 1 N–H and O–H groups in total. The predicted molar refractivity (Wildman–Crippen MR) is 82.8 cm³/mol. The molecule has 3 rings (SSSR count). The van der Waals surface area contributed by atoms with E-state index in [0.717, 1.165) is 28.0 Å². The van der Waals surface area contributed by atoms with E-state index in [1.807, 2.05) is 12.1 Å². The number of hydrogen-bond donors (Lipinski definition) is 1. The SMILES string of the molecule is CNC(=O)[C@H]1CCCN1Cc1nc(-c2ccc(Br)s2)no1. The van der Waals surface area contributed by atoms with Gasteiger partial charge in [0.05, 0.1) is 21.3 Å². The molecule has 0 bridgehead atoms. The summed E-state index contributed by atoms with van der Waals surface area (Å²) in [6.45, 7) is 1.39. The Bertz CT molecular complexity index is 642. The fraction of sp³-hybridized carbons (Fsp3) is 0.462. The Morgan fingerprint density at radius 2 is 2.48 bits per heavy atom. The van der Waals surface area contributed by atoms with E-state index >= 15 is 0 Å². The van der Waals surface area contributed by atoms with Crippen molar-refractivity contribution in [2.75, 3.05) is 13.6 Å². The van der Waals surface area contributed by atoms with Crippen LogP contribution in [0.4, 0.5) is 0 Å². The van der Waals surface area contributed by atoms with Crippen LogP contribution in [0.3, 0.4) is 0 Å². The lowest BCUT2D eigenvalue weighted by Crippen LogP contribution is -2.41. The number of likely N-dealkylation sites (tertiary alicyclic amines) is 1. The lowest BCUT2D eigenvalue weighted by atomic mass is 10.2. The number of thiophene rings is 1. The number of nitrogens with zero attached hydrogens (tertiary/aromatic N) is 3. The molecule has 0 aliphatic carbocycles. The fourth-order valence-electron chi connectivity index (χ4n) is 2.51. The van der Waals surface area contributed by atoms with Crippen LogP contribution in [0.1, 0.15) is 18.7 Å². The normalized spacial score (nSPS) is 19.0. The van der Waals surface area contributed by atoms with E-state index < -0.39 is 0 Å². The summed E-state index contributed by atoms with van der Waals surface area (Å²) in [6.07, 6.45) is 1.88. The van der Waals surface area contributed by atoms with Crippen LogP contribution in [0.25, 0.3) is 10.7 Å². The number of nitrogens with one attached hydrogen (secondary N) is 1. The molecular weight excluding hydrogens is 356 g/mol. The van der Waals surface area contributed by atoms with Gasteiger partial charge < -0.3 is 9.84 Å². The maximum absolute atomic E-state index is 11.8. The highest BCUT2D eigenvalue weighted by Gasteiger charge is 2.31. The lowest BCUT2D eigenvalue weighted by molar-refractivity contribution is -0.125. The highest BCUT2D eigenvalue weighted by molar-refractivity contribution is 9.11. The minimum absolute atomic E-state index is 0.0504. The maximum Gasteiger partial charge on any atom is 0.241 e. The number of carbonyl (C=O) groups excluding carboxylic acids is 1. The van der Waals surface area contributed by atoms with Crippen molar-refractivity contribution in [3.05, 3.63) is 21.8 Å². The summed E-state index contributed by atoms with van der Waals surface area (Å²) < 4.78 is 6.34. The minimum atomic E-state index is -0.0961. The van der Waals surface area contributed by atoms with Crippen molar-refractivity contribution in [1.82, 2.24) is 20.4 Å². The average Bonchev–Trinajstić information content (AvgIpc) is 3.19. The first-order valence-corrected chi connectivity index (χ1v) is 8.32. The first-order chi connectivity index (χ1) is 10.2. The fourth-order valence-corrected chi connectivity index (χ4v) is 3.82. The molecule has 0 aromatic carbocycles. The van der Waals surface area contributed by atoms with Gasteiger partial charge in [-0.05, 0) is 47.4 Å². The van der Waals surface area contributed by atoms with Crippen LogP contribution >= 0.6 is 27.3 Å². The number of aromatic nitrogens is 2. The van der Waals surface area contributed by atoms with E-state index in [2.05, 4.69) is 36.3 Å². The number of carbonyl (C=O) groups is 1. The van der Waals surface area contributed by atoms with Crippen molar-refractivity contribution in [2.45, 2.75) is 25.4 Å². The maximum atomic E-state index is 11.8. The average molecular weight is 371 g/mol. The molecular formula is C13H15BrN4O2S. The standard InChI is InChI=1S/C13H15BrN4O2S/c1-15-13(19)8-3-2-6-18(8)7-11-16-12(17-20-11)9-4-5-10(14)21-9/h4-5,8H,2-3,6-7H2,1H3,(H,15,19)/t8-/m1/s1. The van der Waals surface area contributed by atoms with Crippen molar-refractivity contribution in [1.29, 1.82) is 0 Å². The van der Waals surface area contributed by atoms with Crippen LogP contribution < -0.4 is 5.32 Å². The minimum Gasteiger partial charge on any atom is -0.358 e. The molecule has 1 amide bonds. The molecule has 112 valence electrons. The molecule has 0 radical (unpaired) electrons. The molecule has 1 aliphatic heterocycles. The number of amides is 1. The first-order valence-electron chi connectivity index (χ1n) is 6.71. The van der Waals surface area contributed by atoms with E-state index in [9.17, 15) is 4.79 Å². The topological polar surface area (TPSA) is 71.3 Å². The molecule has 1 aliphatic rings. The van der Waals surface area contributed by atoms with Gasteiger partial charge in [-0.3, -0.25) is 9.69 Å². The van der Waals surface area contributed by atoms with Crippen molar-refractivity contribution < 1.29 is 9.32 Å². The Morgan fingerprint density at radius 3 is 3.19 bits per heavy atom. The van der Waals surface area contributed by atoms with Gasteiger partial charge in [0, 0.05) is 7.05 Å². The van der Waals surface area contributed by atoms with E-state index in [-0.39, 0.29) is 11.9 Å². The summed E-state index contributed by atoms with van der Waals surface area (Å²) in [7, 11) is 1.66. The highest BCUT2D eigenvalue weighted by atomic mass is 79.9. The zero-order chi connectivity index (χ0) is 14.8. The molecule has 1 fully saturated rings. The molecule has 0 saturated carbocycles. The Hall–Kier alpha value is -1.25. The molecule has 8 heteroatoms. The second-order valence-corrected chi connectivity index (χ2v) is 7.32. The van der Waals surface area contributed by atoms with Crippen LogP contribution in [0.2, 0.25) is 0 Å². The Morgan fingerprint density at radius 1 is 1.62 bits per heavy atom. The summed E-state index contributed by atoms with van der Waals surface area (Å²) in [5.74, 6) is 1.19. The van der Waals surface area contributed by atoms with Crippen molar-refractivity contribution >= 4 is 33.2 Å². The second-order valence-electron chi connectivity index (χ2n) is 4.86. The van der Waals surface area contributed by atoms with Crippen LogP contribution in [0.5, 0.6) is 0 Å². The number of hydrogen-bond acceptors (Lipinski definition) is 6. The molecule has 21 heavy (non-hydrogen) atoms. The monoisotopic (exact) mass is 370 g/mol. The third-order valence-electron chi connectivity index (χ3n) is 3.51. The molecule has 1 atom stereocenters. The molecule has 2 aromatic heterocycles. The Kier molecular flexibility index (Phi) is 4.37. The van der Waals surface area contributed by atoms with Crippen LogP contribution in [-0.2, 0) is 11.3 Å². The van der Waals surface area contributed by atoms with Crippen LogP contribution in [-0.4, -0.2) is 40.6 Å². The zero-order valence-corrected chi connectivity index (χ0v) is 13.9. The van der Waals surface area contributed by atoms with E-state index in [0.29, 0.717) is 18.3 Å². The van der Waals surface area contributed by atoms with Gasteiger partial charge in [-0.15, -0.1) is 11.3 Å². The van der Waals surface area contributed by atoms with Gasteiger partial charge in [0.15, 0.2) is 0 Å². The summed E-state index contributed by atoms with van der Waals surface area (Å²) in [5, 5.41) is 6.71. The zero-order valence-electron chi connectivity index (χ0n) is 11.5. The summed E-state index contributed by atoms with van der Waals surface area (Å²) >= 11 is 4.98. The third-order valence-corrected chi connectivity index (χ3v) is 5.13. The van der Waals surface area contributed by atoms with Gasteiger partial charge in [-0.1, -0.05) is 5.16 Å². The van der Waals surface area contributed by atoms with Crippen molar-refractivity contribution in [2.24, 2.45) is 0 Å². The lowest BCUT2D eigenvalue weighted by Gasteiger charge is -2.20. The third kappa shape index (κ3) is 3.17. The summed E-state index contributed by atoms with van der Waals surface area (Å²) in [5.41, 5.74) is 0. The summed E-state index contributed by atoms with van der Waals surface area (Å²) in [6, 6.07) is 3.81. The number of halogens is 1. The van der Waals surface area contributed by atoms with Gasteiger partial charge >= 0.3 is 0 Å². The van der Waals surface area contributed by atoms with Crippen LogP contribution in [0, 0.1) is 0 Å². The van der Waals surface area contributed by atoms with E-state index in [4.69, 9.17) is 4.52 Å². The predicted octanol–water partition coefficient (Wildman–Crippen LogP) is 2.27. The first kappa shape index (κ1) is 14.7. The highest BCUT2D eigenvalue weighted by Crippen LogP contribution is 2.29. The van der Waals surface area contributed by atoms with Gasteiger partial charge in [-0.25, -0.2) is 0 Å². The van der Waals surface area contributed by atoms with E-state index in [1.165, 1.54) is 0 Å². The quantitative estimate of drug-likeness (QED) is 0.893. The largest absolute Gasteiger partial charge is 0.358 e. The van der Waals surface area contributed by atoms with Gasteiger partial charge in [0.25, 0.3) is 0 Å². The van der Waals surface area contributed by atoms with Crippen LogP contribution in [0.15, 0.2) is 20.4 Å². The van der Waals surface area contributed by atoms with E-state index in [1.54, 1.807) is 18.4 Å². The number of rotatable bonds is 4. The molecule has 6 nitrogen and oxygen atoms in total. The van der Waals surface area contributed by atoms with Gasteiger partial charge in [-0.2, -0.15) is 4.98 Å². The Balaban J connectivity index is 1.71. The molecule has 1 saturated heterocycles. The van der Waals surface area contributed by atoms with Crippen molar-refractivity contribution in [3.8, 4) is 10.7 Å². The Labute approximate surface area is 134 Å². The number of likely N-dealkylation sites (N-methyl/N-ethyl adjacent to an activating group) is 1.